The maximum atomic E-state index is 12.6. The Hall–Kier alpha value is -2.93. The minimum absolute atomic E-state index is 0.0173. The van der Waals surface area contributed by atoms with E-state index in [2.05, 4.69) is 16.0 Å². The zero-order valence-corrected chi connectivity index (χ0v) is 18.8. The molecule has 0 radical (unpaired) electrons. The molecule has 6 nitrogen and oxygen atoms in total. The molecule has 0 saturated heterocycles. The van der Waals surface area contributed by atoms with Crippen molar-refractivity contribution in [1.29, 1.82) is 0 Å². The number of benzene rings is 2. The van der Waals surface area contributed by atoms with Crippen molar-refractivity contribution in [1.82, 2.24) is 10.6 Å². The Morgan fingerprint density at radius 1 is 0.968 bits per heavy atom. The summed E-state index contributed by atoms with van der Waals surface area (Å²) in [5, 5.41) is 8.91. The molecule has 3 rings (SSSR count). The molecule has 31 heavy (non-hydrogen) atoms. The van der Waals surface area contributed by atoms with E-state index in [9.17, 15) is 9.59 Å². The molecule has 2 aromatic rings. The molecule has 0 unspecified atom stereocenters. The summed E-state index contributed by atoms with van der Waals surface area (Å²) in [4.78, 5) is 25.1. The number of ether oxygens (including phenoxy) is 1. The monoisotopic (exact) mass is 439 g/mol. The van der Waals surface area contributed by atoms with E-state index in [-0.39, 0.29) is 29.1 Å². The molecule has 1 aliphatic carbocycles. The van der Waals surface area contributed by atoms with Crippen LogP contribution < -0.4 is 20.7 Å². The summed E-state index contributed by atoms with van der Waals surface area (Å²) in [5.41, 5.74) is 1.64. The number of rotatable bonds is 6. The first-order valence-electron chi connectivity index (χ1n) is 10.7. The smallest absolute Gasteiger partial charge is 0.257 e. The Morgan fingerprint density at radius 2 is 1.65 bits per heavy atom. The van der Waals surface area contributed by atoms with Gasteiger partial charge in [0.25, 0.3) is 11.8 Å². The van der Waals surface area contributed by atoms with Gasteiger partial charge in [-0.1, -0.05) is 31.4 Å². The van der Waals surface area contributed by atoms with Crippen LogP contribution in [0.15, 0.2) is 48.5 Å². The Bertz CT molecular complexity index is 939. The Morgan fingerprint density at radius 3 is 2.35 bits per heavy atom. The molecule has 3 N–H and O–H groups in total. The van der Waals surface area contributed by atoms with Crippen LogP contribution in [0.5, 0.6) is 5.75 Å². The maximum Gasteiger partial charge on any atom is 0.257 e. The van der Waals surface area contributed by atoms with Gasteiger partial charge in [0.1, 0.15) is 5.75 Å². The van der Waals surface area contributed by atoms with Crippen LogP contribution in [0, 0.1) is 0 Å². The van der Waals surface area contributed by atoms with Gasteiger partial charge in [-0.15, -0.1) is 0 Å². The van der Waals surface area contributed by atoms with Crippen LogP contribution in [-0.2, 0) is 0 Å². The molecule has 1 saturated carbocycles. The van der Waals surface area contributed by atoms with Crippen LogP contribution in [0.1, 0.15) is 66.7 Å². The molecule has 1 fully saturated rings. The largest absolute Gasteiger partial charge is 0.491 e. The van der Waals surface area contributed by atoms with Crippen molar-refractivity contribution in [3.05, 3.63) is 59.7 Å². The summed E-state index contributed by atoms with van der Waals surface area (Å²) in [6, 6.07) is 14.3. The molecule has 0 bridgehead atoms. The van der Waals surface area contributed by atoms with Crippen molar-refractivity contribution in [2.24, 2.45) is 0 Å². The quantitative estimate of drug-likeness (QED) is 0.571. The summed E-state index contributed by atoms with van der Waals surface area (Å²) in [5.74, 6) is 0.198. The van der Waals surface area contributed by atoms with Gasteiger partial charge in [-0.3, -0.25) is 14.9 Å². The number of carbonyl (C=O) groups is 2. The van der Waals surface area contributed by atoms with Crippen LogP contribution in [0.4, 0.5) is 5.69 Å². The maximum absolute atomic E-state index is 12.6. The highest BCUT2D eigenvalue weighted by atomic mass is 32.1. The van der Waals surface area contributed by atoms with E-state index in [1.165, 1.54) is 6.42 Å². The predicted molar refractivity (Wildman–Crippen MR) is 127 cm³/mol. The van der Waals surface area contributed by atoms with Crippen molar-refractivity contribution in [3.63, 3.8) is 0 Å². The molecular formula is C24H29N3O3S. The van der Waals surface area contributed by atoms with Crippen LogP contribution in [0.3, 0.4) is 0 Å². The van der Waals surface area contributed by atoms with Crippen LogP contribution in [0.2, 0.25) is 0 Å². The average Bonchev–Trinajstić information content (AvgIpc) is 2.74. The number of nitrogens with one attached hydrogen (secondary N) is 3. The van der Waals surface area contributed by atoms with Crippen molar-refractivity contribution in [2.45, 2.75) is 58.1 Å². The molecule has 1 aliphatic rings. The van der Waals surface area contributed by atoms with E-state index in [0.29, 0.717) is 22.6 Å². The fourth-order valence-electron chi connectivity index (χ4n) is 3.57. The van der Waals surface area contributed by atoms with Gasteiger partial charge < -0.3 is 15.4 Å². The van der Waals surface area contributed by atoms with E-state index in [0.717, 1.165) is 25.7 Å². The number of anilines is 1. The van der Waals surface area contributed by atoms with E-state index < -0.39 is 0 Å². The SMILES string of the molecule is CC(C)Oc1cccc(C(=O)NC(=S)Nc2cccc(C(=O)NC3CCCCC3)c2)c1. The second-order valence-electron chi connectivity index (χ2n) is 7.99. The van der Waals surface area contributed by atoms with Gasteiger partial charge in [-0.2, -0.15) is 0 Å². The van der Waals surface area contributed by atoms with Gasteiger partial charge in [-0.05, 0) is 75.3 Å². The molecule has 0 aromatic heterocycles. The van der Waals surface area contributed by atoms with Crippen LogP contribution >= 0.6 is 12.2 Å². The van der Waals surface area contributed by atoms with Crippen molar-refractivity contribution < 1.29 is 14.3 Å². The highest BCUT2D eigenvalue weighted by Gasteiger charge is 2.17. The fraction of sp³-hybridized carbons (Fsp3) is 0.375. The number of hydrogen-bond acceptors (Lipinski definition) is 4. The summed E-state index contributed by atoms with van der Waals surface area (Å²) < 4.78 is 5.63. The number of amides is 2. The third-order valence-electron chi connectivity index (χ3n) is 5.02. The number of thiocarbonyl (C=S) groups is 1. The Balaban J connectivity index is 1.57. The highest BCUT2D eigenvalue weighted by Crippen LogP contribution is 2.19. The first kappa shape index (κ1) is 22.7. The normalized spacial score (nSPS) is 14.0. The molecule has 0 heterocycles. The lowest BCUT2D eigenvalue weighted by atomic mass is 9.95. The Labute approximate surface area is 188 Å². The van der Waals surface area contributed by atoms with Gasteiger partial charge in [0.15, 0.2) is 5.11 Å². The minimum Gasteiger partial charge on any atom is -0.491 e. The second-order valence-corrected chi connectivity index (χ2v) is 8.40. The minimum atomic E-state index is -0.335. The van der Waals surface area contributed by atoms with Crippen LogP contribution in [-0.4, -0.2) is 29.1 Å². The average molecular weight is 440 g/mol. The lowest BCUT2D eigenvalue weighted by Crippen LogP contribution is -2.36. The molecule has 2 amide bonds. The summed E-state index contributed by atoms with van der Waals surface area (Å²) in [6.45, 7) is 3.85. The predicted octanol–water partition coefficient (Wildman–Crippen LogP) is 4.66. The van der Waals surface area contributed by atoms with Gasteiger partial charge >= 0.3 is 0 Å². The third kappa shape index (κ3) is 7.07. The van der Waals surface area contributed by atoms with E-state index in [4.69, 9.17) is 17.0 Å². The molecule has 164 valence electrons. The van der Waals surface area contributed by atoms with Gasteiger partial charge in [0.2, 0.25) is 0 Å². The summed E-state index contributed by atoms with van der Waals surface area (Å²) >= 11 is 5.28. The lowest BCUT2D eigenvalue weighted by molar-refractivity contribution is 0.0926. The molecular weight excluding hydrogens is 410 g/mol. The lowest BCUT2D eigenvalue weighted by Gasteiger charge is -2.22. The summed E-state index contributed by atoms with van der Waals surface area (Å²) in [6.07, 6.45) is 5.64. The third-order valence-corrected chi connectivity index (χ3v) is 5.22. The van der Waals surface area contributed by atoms with Crippen molar-refractivity contribution >= 4 is 34.8 Å². The first-order chi connectivity index (χ1) is 14.9. The van der Waals surface area contributed by atoms with Crippen molar-refractivity contribution in [2.75, 3.05) is 5.32 Å². The zero-order chi connectivity index (χ0) is 22.2. The fourth-order valence-corrected chi connectivity index (χ4v) is 3.78. The van der Waals surface area contributed by atoms with Gasteiger partial charge in [-0.25, -0.2) is 0 Å². The molecule has 0 aliphatic heterocycles. The van der Waals surface area contributed by atoms with Crippen LogP contribution in [0.25, 0.3) is 0 Å². The van der Waals surface area contributed by atoms with E-state index >= 15 is 0 Å². The van der Waals surface area contributed by atoms with Gasteiger partial charge in [0.05, 0.1) is 6.10 Å². The van der Waals surface area contributed by atoms with E-state index in [1.807, 2.05) is 13.8 Å². The first-order valence-corrected chi connectivity index (χ1v) is 11.1. The number of carbonyl (C=O) groups excluding carboxylic acids is 2. The zero-order valence-electron chi connectivity index (χ0n) is 17.9. The second kappa shape index (κ2) is 10.9. The molecule has 2 aromatic carbocycles. The van der Waals surface area contributed by atoms with Gasteiger partial charge in [0, 0.05) is 22.9 Å². The molecule has 0 atom stereocenters. The Kier molecular flexibility index (Phi) is 8.00. The van der Waals surface area contributed by atoms with E-state index in [1.54, 1.807) is 48.5 Å². The topological polar surface area (TPSA) is 79.5 Å². The molecule has 0 spiro atoms. The summed E-state index contributed by atoms with van der Waals surface area (Å²) in [7, 11) is 0. The highest BCUT2D eigenvalue weighted by molar-refractivity contribution is 7.80. The molecule has 7 heteroatoms. The standard InChI is InChI=1S/C24H29N3O3S/c1-16(2)30-21-13-7-9-18(15-21)23(29)27-24(31)26-20-12-6-8-17(14-20)22(28)25-19-10-4-3-5-11-19/h6-9,12-16,19H,3-5,10-11H2,1-2H3,(H,25,28)(H2,26,27,29,31). The van der Waals surface area contributed by atoms with Crippen molar-refractivity contribution in [3.8, 4) is 5.75 Å². The number of hydrogen-bond donors (Lipinski definition) is 3.